The van der Waals surface area contributed by atoms with Gasteiger partial charge in [-0.3, -0.25) is 9.10 Å². The number of nitrogens with zero attached hydrogens (tertiary/aromatic N) is 1. The zero-order valence-electron chi connectivity index (χ0n) is 18.7. The number of hydrogen-bond acceptors (Lipinski definition) is 6. The Hall–Kier alpha value is -3.56. The van der Waals surface area contributed by atoms with E-state index in [0.717, 1.165) is 4.31 Å². The van der Waals surface area contributed by atoms with E-state index in [1.54, 1.807) is 49.4 Å². The fourth-order valence-electron chi connectivity index (χ4n) is 3.30. The van der Waals surface area contributed by atoms with Gasteiger partial charge in [0.25, 0.3) is 10.0 Å². The number of amides is 1. The van der Waals surface area contributed by atoms with Crippen LogP contribution in [-0.2, 0) is 19.6 Å². The summed E-state index contributed by atoms with van der Waals surface area (Å²) < 4.78 is 38.1. The summed E-state index contributed by atoms with van der Waals surface area (Å²) in [4.78, 5) is 25.0. The molecule has 0 aliphatic heterocycles. The number of sulfonamides is 1. The molecule has 0 bridgehead atoms. The number of methoxy groups -OCH3 is 2. The van der Waals surface area contributed by atoms with Crippen molar-refractivity contribution < 1.29 is 27.5 Å². The van der Waals surface area contributed by atoms with Crippen LogP contribution in [0, 0.1) is 6.92 Å². The fraction of sp³-hybridized carbons (Fsp3) is 0.167. The number of halogens is 1. The number of carbonyl (C=O) groups excluding carboxylic acids is 2. The highest BCUT2D eigenvalue weighted by Gasteiger charge is 2.30. The van der Waals surface area contributed by atoms with Crippen LogP contribution in [0.15, 0.2) is 71.6 Å². The van der Waals surface area contributed by atoms with Crippen molar-refractivity contribution >= 4 is 44.9 Å². The molecule has 0 aliphatic carbocycles. The van der Waals surface area contributed by atoms with E-state index in [4.69, 9.17) is 21.1 Å². The van der Waals surface area contributed by atoms with Crippen molar-refractivity contribution in [3.63, 3.8) is 0 Å². The summed E-state index contributed by atoms with van der Waals surface area (Å²) in [7, 11) is -1.51. The first-order valence-electron chi connectivity index (χ1n) is 10.1. The Morgan fingerprint density at radius 3 is 2.35 bits per heavy atom. The molecule has 10 heteroatoms. The molecule has 0 saturated heterocycles. The molecule has 8 nitrogen and oxygen atoms in total. The Labute approximate surface area is 203 Å². The van der Waals surface area contributed by atoms with Crippen molar-refractivity contribution in [2.45, 2.75) is 11.8 Å². The summed E-state index contributed by atoms with van der Waals surface area (Å²) >= 11 is 6.14. The second kappa shape index (κ2) is 10.6. The molecule has 0 spiro atoms. The van der Waals surface area contributed by atoms with Gasteiger partial charge in [-0.2, -0.15) is 0 Å². The Balaban J connectivity index is 2.02. The van der Waals surface area contributed by atoms with E-state index >= 15 is 0 Å². The average Bonchev–Trinajstić information content (AvgIpc) is 2.83. The van der Waals surface area contributed by atoms with Crippen molar-refractivity contribution in [1.82, 2.24) is 0 Å². The lowest BCUT2D eigenvalue weighted by Gasteiger charge is -2.26. The zero-order valence-corrected chi connectivity index (χ0v) is 20.3. The normalized spacial score (nSPS) is 10.9. The van der Waals surface area contributed by atoms with E-state index in [0.29, 0.717) is 11.3 Å². The number of nitrogens with one attached hydrogen (secondary N) is 1. The van der Waals surface area contributed by atoms with Crippen LogP contribution >= 0.6 is 11.6 Å². The topological polar surface area (TPSA) is 102 Å². The molecule has 34 heavy (non-hydrogen) atoms. The van der Waals surface area contributed by atoms with Gasteiger partial charge in [0.2, 0.25) is 5.91 Å². The molecule has 1 N–H and O–H groups in total. The number of carbonyl (C=O) groups is 2. The van der Waals surface area contributed by atoms with Gasteiger partial charge in [0, 0.05) is 10.7 Å². The maximum atomic E-state index is 13.5. The zero-order chi connectivity index (χ0) is 24.9. The van der Waals surface area contributed by atoms with Gasteiger partial charge in [0.05, 0.1) is 30.4 Å². The first kappa shape index (κ1) is 25.1. The van der Waals surface area contributed by atoms with E-state index in [9.17, 15) is 18.0 Å². The average molecular weight is 503 g/mol. The Morgan fingerprint density at radius 2 is 1.71 bits per heavy atom. The number of rotatable bonds is 8. The smallest absolute Gasteiger partial charge is 0.338 e. The van der Waals surface area contributed by atoms with Crippen LogP contribution in [0.3, 0.4) is 0 Å². The van der Waals surface area contributed by atoms with Crippen LogP contribution in [0.25, 0.3) is 0 Å². The largest absolute Gasteiger partial charge is 0.495 e. The van der Waals surface area contributed by atoms with E-state index in [2.05, 4.69) is 5.32 Å². The van der Waals surface area contributed by atoms with Crippen molar-refractivity contribution in [2.24, 2.45) is 0 Å². The third-order valence-corrected chi connectivity index (χ3v) is 7.05. The molecule has 0 radical (unpaired) electrons. The molecule has 3 aromatic carbocycles. The molecule has 3 rings (SSSR count). The lowest BCUT2D eigenvalue weighted by atomic mass is 10.1. The van der Waals surface area contributed by atoms with Crippen LogP contribution in [0.2, 0.25) is 5.02 Å². The first-order chi connectivity index (χ1) is 16.2. The van der Waals surface area contributed by atoms with Crippen LogP contribution in [-0.4, -0.2) is 41.1 Å². The molecular formula is C24H23ClN2O6S. The molecule has 0 heterocycles. The first-order valence-corrected chi connectivity index (χ1v) is 11.9. The van der Waals surface area contributed by atoms with Gasteiger partial charge in [-0.1, -0.05) is 35.9 Å². The highest BCUT2D eigenvalue weighted by atomic mass is 35.5. The van der Waals surface area contributed by atoms with Crippen molar-refractivity contribution in [2.75, 3.05) is 30.4 Å². The summed E-state index contributed by atoms with van der Waals surface area (Å²) in [6.07, 6.45) is 0. The third-order valence-electron chi connectivity index (χ3n) is 5.04. The van der Waals surface area contributed by atoms with Crippen molar-refractivity contribution in [3.05, 3.63) is 82.9 Å². The summed E-state index contributed by atoms with van der Waals surface area (Å²) in [5, 5.41) is 2.95. The summed E-state index contributed by atoms with van der Waals surface area (Å²) in [5.41, 5.74) is 1.23. The highest BCUT2D eigenvalue weighted by Crippen LogP contribution is 2.35. The molecule has 178 valence electrons. The predicted octanol–water partition coefficient (Wildman–Crippen LogP) is 4.28. The second-order valence-corrected chi connectivity index (χ2v) is 9.46. The molecule has 3 aromatic rings. The number of esters is 1. The number of hydrogen-bond donors (Lipinski definition) is 1. The van der Waals surface area contributed by atoms with Crippen LogP contribution < -0.4 is 14.4 Å². The molecule has 0 fully saturated rings. The Kier molecular flexibility index (Phi) is 7.80. The van der Waals surface area contributed by atoms with E-state index < -0.39 is 28.4 Å². The van der Waals surface area contributed by atoms with Crippen LogP contribution in [0.5, 0.6) is 5.75 Å². The molecule has 0 aliphatic rings. The molecular weight excluding hydrogens is 480 g/mol. The number of anilines is 2. The van der Waals surface area contributed by atoms with Crippen LogP contribution in [0.4, 0.5) is 11.4 Å². The Bertz CT molecular complexity index is 1310. The SMILES string of the molecule is COC(=O)c1cccc(NC(=O)CN(c2cc(Cl)ccc2OC)S(=O)(=O)c2ccccc2)c1C. The minimum atomic E-state index is -4.17. The number of benzene rings is 3. The number of ether oxygens (including phenoxy) is 2. The molecule has 0 unspecified atom stereocenters. The predicted molar refractivity (Wildman–Crippen MR) is 130 cm³/mol. The monoisotopic (exact) mass is 502 g/mol. The van der Waals surface area contributed by atoms with E-state index in [-0.39, 0.29) is 26.9 Å². The lowest BCUT2D eigenvalue weighted by molar-refractivity contribution is -0.114. The molecule has 0 atom stereocenters. The second-order valence-electron chi connectivity index (χ2n) is 7.16. The van der Waals surface area contributed by atoms with Gasteiger partial charge < -0.3 is 14.8 Å². The van der Waals surface area contributed by atoms with Gasteiger partial charge >= 0.3 is 5.97 Å². The minimum absolute atomic E-state index is 0.00584. The lowest BCUT2D eigenvalue weighted by Crippen LogP contribution is -2.38. The van der Waals surface area contributed by atoms with E-state index in [1.165, 1.54) is 38.5 Å². The third kappa shape index (κ3) is 5.32. The summed E-state index contributed by atoms with van der Waals surface area (Å²) in [6.45, 7) is 1.08. The minimum Gasteiger partial charge on any atom is -0.495 e. The summed E-state index contributed by atoms with van der Waals surface area (Å²) in [5.74, 6) is -0.960. The van der Waals surface area contributed by atoms with Crippen molar-refractivity contribution in [3.8, 4) is 5.75 Å². The maximum absolute atomic E-state index is 13.5. The van der Waals surface area contributed by atoms with Gasteiger partial charge in [0.15, 0.2) is 0 Å². The van der Waals surface area contributed by atoms with Crippen LogP contribution in [0.1, 0.15) is 15.9 Å². The van der Waals surface area contributed by atoms with E-state index in [1.807, 2.05) is 0 Å². The standard InChI is InChI=1S/C24H23ClN2O6S/c1-16-19(24(29)33-3)10-7-11-20(16)26-23(28)15-27(21-14-17(25)12-13-22(21)32-2)34(30,31)18-8-5-4-6-9-18/h4-14H,15H2,1-3H3,(H,26,28). The van der Waals surface area contributed by atoms with Gasteiger partial charge in [0.1, 0.15) is 12.3 Å². The summed E-state index contributed by atoms with van der Waals surface area (Å²) in [6, 6.07) is 17.0. The fourth-order valence-corrected chi connectivity index (χ4v) is 4.91. The molecule has 1 amide bonds. The quantitative estimate of drug-likeness (QED) is 0.461. The Morgan fingerprint density at radius 1 is 1.00 bits per heavy atom. The molecule has 0 saturated carbocycles. The molecule has 0 aromatic heterocycles. The highest BCUT2D eigenvalue weighted by molar-refractivity contribution is 7.92. The maximum Gasteiger partial charge on any atom is 0.338 e. The van der Waals surface area contributed by atoms with Gasteiger partial charge in [-0.25, -0.2) is 13.2 Å². The van der Waals surface area contributed by atoms with Crippen molar-refractivity contribution in [1.29, 1.82) is 0 Å². The van der Waals surface area contributed by atoms with Gasteiger partial charge in [-0.05, 0) is 55.0 Å². The van der Waals surface area contributed by atoms with Gasteiger partial charge in [-0.15, -0.1) is 0 Å².